The van der Waals surface area contributed by atoms with E-state index in [1.165, 1.54) is 49.5 Å². The Balaban J connectivity index is 1.77. The van der Waals surface area contributed by atoms with Gasteiger partial charge in [-0.05, 0) is 68.9 Å². The van der Waals surface area contributed by atoms with Gasteiger partial charge >= 0.3 is 0 Å². The zero-order chi connectivity index (χ0) is 26.3. The molecular formula is C34H37N2O+. The molecule has 1 aliphatic rings. The van der Waals surface area contributed by atoms with Crippen molar-refractivity contribution in [2.24, 2.45) is 17.9 Å². The van der Waals surface area contributed by atoms with Crippen molar-refractivity contribution in [2.75, 3.05) is 0 Å². The molecule has 2 heterocycles. The molecule has 4 aromatic carbocycles. The molecule has 0 spiro atoms. The quantitative estimate of drug-likeness (QED) is 0.180. The average molecular weight is 490 g/mol. The smallest absolute Gasteiger partial charge is 0.287 e. The molecule has 37 heavy (non-hydrogen) atoms. The summed E-state index contributed by atoms with van der Waals surface area (Å²) in [6.45, 7) is 16.1. The van der Waals surface area contributed by atoms with Crippen LogP contribution >= 0.6 is 0 Å². The minimum atomic E-state index is 0.121. The fourth-order valence-electron chi connectivity index (χ4n) is 6.19. The number of nitrogens with zero attached hydrogens (tertiary/aromatic N) is 2. The minimum Gasteiger partial charge on any atom is -0.455 e. The number of benzene rings is 4. The van der Waals surface area contributed by atoms with E-state index in [1.807, 2.05) is 6.33 Å². The highest BCUT2D eigenvalue weighted by atomic mass is 16.5. The molecule has 1 aromatic heterocycles. The van der Waals surface area contributed by atoms with Gasteiger partial charge in [-0.3, -0.25) is 0 Å². The maximum atomic E-state index is 6.97. The van der Waals surface area contributed by atoms with E-state index in [0.717, 1.165) is 35.2 Å². The lowest BCUT2D eigenvalue weighted by Crippen LogP contribution is -2.33. The van der Waals surface area contributed by atoms with Gasteiger partial charge in [0.05, 0.1) is 12.6 Å². The Morgan fingerprint density at radius 1 is 0.838 bits per heavy atom. The number of aryl methyl sites for hydroxylation is 2. The number of aromatic nitrogens is 2. The molecule has 0 saturated heterocycles. The first-order chi connectivity index (χ1) is 17.4. The molecule has 0 unspecified atom stereocenters. The van der Waals surface area contributed by atoms with Gasteiger partial charge in [0.25, 0.3) is 6.33 Å². The molecule has 6 rings (SSSR count). The second-order valence-electron chi connectivity index (χ2n) is 13.2. The van der Waals surface area contributed by atoms with Crippen molar-refractivity contribution < 1.29 is 9.30 Å². The topological polar surface area (TPSA) is 26.0 Å². The Hall–Kier alpha value is -3.46. The van der Waals surface area contributed by atoms with E-state index in [9.17, 15) is 0 Å². The number of hydrogen-bond donors (Lipinski definition) is 0. The molecule has 0 fully saturated rings. The highest BCUT2D eigenvalue weighted by Crippen LogP contribution is 2.52. The van der Waals surface area contributed by atoms with Gasteiger partial charge in [0.1, 0.15) is 16.9 Å². The van der Waals surface area contributed by atoms with Crippen molar-refractivity contribution in [1.29, 1.82) is 0 Å². The largest absolute Gasteiger partial charge is 0.455 e. The summed E-state index contributed by atoms with van der Waals surface area (Å²) in [5, 5.41) is 6.14. The number of ether oxygens (including phenoxy) is 1. The van der Waals surface area contributed by atoms with Crippen LogP contribution in [0.4, 0.5) is 0 Å². The SMILES string of the molecule is Cc1c2c(c(CC(C)(C)C)c3ccccc13)Oc1cc3cccc(CC(C)(C)C)c3c3nc[n+](C)c-2c13. The second kappa shape index (κ2) is 8.02. The fraction of sp³-hybridized carbons (Fsp3) is 0.353. The molecule has 0 aliphatic carbocycles. The van der Waals surface area contributed by atoms with Gasteiger partial charge in [-0.25, -0.2) is 4.57 Å². The van der Waals surface area contributed by atoms with E-state index in [0.29, 0.717) is 0 Å². The van der Waals surface area contributed by atoms with Crippen LogP contribution < -0.4 is 9.30 Å². The second-order valence-corrected chi connectivity index (χ2v) is 13.2. The molecule has 0 atom stereocenters. The first-order valence-corrected chi connectivity index (χ1v) is 13.4. The van der Waals surface area contributed by atoms with Gasteiger partial charge < -0.3 is 4.74 Å². The van der Waals surface area contributed by atoms with Crippen molar-refractivity contribution >= 4 is 32.4 Å². The Bertz CT molecular complexity index is 1730. The first kappa shape index (κ1) is 23.9. The lowest BCUT2D eigenvalue weighted by Gasteiger charge is -2.29. The van der Waals surface area contributed by atoms with Crippen LogP contribution in [0.2, 0.25) is 0 Å². The van der Waals surface area contributed by atoms with Gasteiger partial charge in [-0.15, -0.1) is 0 Å². The zero-order valence-electron chi connectivity index (χ0n) is 23.4. The third-order valence-corrected chi connectivity index (χ3v) is 7.55. The summed E-state index contributed by atoms with van der Waals surface area (Å²) in [6, 6.07) is 17.7. The maximum Gasteiger partial charge on any atom is 0.287 e. The number of hydrogen-bond acceptors (Lipinski definition) is 2. The third-order valence-electron chi connectivity index (χ3n) is 7.55. The summed E-state index contributed by atoms with van der Waals surface area (Å²) < 4.78 is 9.15. The van der Waals surface area contributed by atoms with Gasteiger partial charge in [0.15, 0.2) is 11.2 Å². The molecule has 0 N–H and O–H groups in total. The summed E-state index contributed by atoms with van der Waals surface area (Å²) in [5.41, 5.74) is 7.64. The zero-order valence-corrected chi connectivity index (χ0v) is 23.4. The highest BCUT2D eigenvalue weighted by molar-refractivity contribution is 6.15. The first-order valence-electron chi connectivity index (χ1n) is 13.4. The third kappa shape index (κ3) is 3.87. The Kier molecular flexibility index (Phi) is 5.18. The molecule has 188 valence electrons. The number of rotatable bonds is 2. The van der Waals surface area contributed by atoms with E-state index >= 15 is 0 Å². The lowest BCUT2D eigenvalue weighted by molar-refractivity contribution is -0.662. The van der Waals surface area contributed by atoms with Crippen LogP contribution in [0.25, 0.3) is 43.7 Å². The van der Waals surface area contributed by atoms with Crippen LogP contribution in [0, 0.1) is 17.8 Å². The van der Waals surface area contributed by atoms with E-state index in [4.69, 9.17) is 9.72 Å². The minimum absolute atomic E-state index is 0.121. The molecule has 3 heteroatoms. The molecule has 3 nitrogen and oxygen atoms in total. The van der Waals surface area contributed by atoms with Crippen LogP contribution in [0.3, 0.4) is 0 Å². The van der Waals surface area contributed by atoms with Crippen LogP contribution in [0.5, 0.6) is 11.5 Å². The Morgan fingerprint density at radius 2 is 1.54 bits per heavy atom. The molecule has 0 bridgehead atoms. The van der Waals surface area contributed by atoms with Crippen molar-refractivity contribution in [3.63, 3.8) is 0 Å². The normalized spacial score (nSPS) is 13.3. The molecule has 0 saturated carbocycles. The van der Waals surface area contributed by atoms with E-state index < -0.39 is 0 Å². The molecule has 0 amide bonds. The maximum absolute atomic E-state index is 6.97. The van der Waals surface area contributed by atoms with E-state index in [2.05, 4.69) is 109 Å². The van der Waals surface area contributed by atoms with E-state index in [-0.39, 0.29) is 10.8 Å². The van der Waals surface area contributed by atoms with Gasteiger partial charge in [-0.2, -0.15) is 0 Å². The van der Waals surface area contributed by atoms with Crippen molar-refractivity contribution in [1.82, 2.24) is 4.98 Å². The van der Waals surface area contributed by atoms with Gasteiger partial charge in [-0.1, -0.05) is 84.0 Å². The van der Waals surface area contributed by atoms with Crippen molar-refractivity contribution in [3.05, 3.63) is 71.5 Å². The van der Waals surface area contributed by atoms with Gasteiger partial charge in [0, 0.05) is 10.9 Å². The predicted molar refractivity (Wildman–Crippen MR) is 154 cm³/mol. The monoisotopic (exact) mass is 489 g/mol. The average Bonchev–Trinajstić information content (AvgIpc) is 2.81. The Morgan fingerprint density at radius 3 is 2.24 bits per heavy atom. The summed E-state index contributed by atoms with van der Waals surface area (Å²) >= 11 is 0. The summed E-state index contributed by atoms with van der Waals surface area (Å²) in [7, 11) is 2.12. The summed E-state index contributed by atoms with van der Waals surface area (Å²) in [6.07, 6.45) is 3.92. The number of fused-ring (bicyclic) bond motifs is 5. The van der Waals surface area contributed by atoms with Crippen LogP contribution in [-0.4, -0.2) is 4.98 Å². The summed E-state index contributed by atoms with van der Waals surface area (Å²) in [5.74, 6) is 1.92. The lowest BCUT2D eigenvalue weighted by atomic mass is 9.81. The molecule has 1 aliphatic heterocycles. The highest BCUT2D eigenvalue weighted by Gasteiger charge is 2.34. The molecular weight excluding hydrogens is 452 g/mol. The van der Waals surface area contributed by atoms with Crippen molar-refractivity contribution in [2.45, 2.75) is 61.3 Å². The van der Waals surface area contributed by atoms with Crippen molar-refractivity contribution in [3.8, 4) is 22.8 Å². The molecule has 5 aromatic rings. The Labute approximate surface area is 220 Å². The van der Waals surface area contributed by atoms with E-state index in [1.54, 1.807) is 0 Å². The van der Waals surface area contributed by atoms with Gasteiger partial charge in [0.2, 0.25) is 0 Å². The van der Waals surface area contributed by atoms with Crippen LogP contribution in [0.1, 0.15) is 58.2 Å². The summed E-state index contributed by atoms with van der Waals surface area (Å²) in [4.78, 5) is 5.03. The standard InChI is InChI=1S/C34H37N2O/c1-20-23-14-9-10-15-24(23)25(18-34(5,6)7)32-27(20)31-29-26(37-32)16-21-12-11-13-22(17-33(2,3)4)28(21)30(29)35-19-36(31)8/h9-16,19H,17-18H2,1-8H3/q+1. The molecule has 0 radical (unpaired) electrons. The predicted octanol–water partition coefficient (Wildman–Crippen LogP) is 8.62. The fourth-order valence-corrected chi connectivity index (χ4v) is 6.19. The van der Waals surface area contributed by atoms with Crippen LogP contribution in [0.15, 0.2) is 54.9 Å². The van der Waals surface area contributed by atoms with Crippen LogP contribution in [-0.2, 0) is 19.9 Å².